The van der Waals surface area contributed by atoms with Crippen LogP contribution >= 0.6 is 11.6 Å². The van der Waals surface area contributed by atoms with Crippen molar-refractivity contribution >= 4 is 43.1 Å². The number of anilines is 1. The van der Waals surface area contributed by atoms with Crippen molar-refractivity contribution in [2.24, 2.45) is 0 Å². The van der Waals surface area contributed by atoms with Gasteiger partial charge < -0.3 is 5.32 Å². The van der Waals surface area contributed by atoms with Crippen LogP contribution in [0.4, 0.5) is 10.1 Å². The first kappa shape index (κ1) is 18.9. The fraction of sp³-hybridized carbons (Fsp3) is 0.462. The fourth-order valence-corrected chi connectivity index (χ4v) is 5.05. The van der Waals surface area contributed by atoms with E-state index in [0.29, 0.717) is 0 Å². The van der Waals surface area contributed by atoms with E-state index in [4.69, 9.17) is 11.6 Å². The predicted octanol–water partition coefficient (Wildman–Crippen LogP) is 0.548. The number of hydrogen-bond donors (Lipinski definition) is 1. The summed E-state index contributed by atoms with van der Waals surface area (Å²) >= 11 is 5.65. The Morgan fingerprint density at radius 2 is 2.12 bits per heavy atom. The molecule has 2 rings (SSSR count). The summed E-state index contributed by atoms with van der Waals surface area (Å²) in [5.74, 6) is -1.54. The lowest BCUT2D eigenvalue weighted by Crippen LogP contribution is -2.44. The van der Waals surface area contributed by atoms with Gasteiger partial charge in [-0.1, -0.05) is 11.6 Å². The number of nitrogens with one attached hydrogen (secondary N) is 1. The van der Waals surface area contributed by atoms with Crippen LogP contribution < -0.4 is 9.62 Å². The van der Waals surface area contributed by atoms with Gasteiger partial charge in [0.2, 0.25) is 15.9 Å². The predicted molar refractivity (Wildman–Crippen MR) is 88.8 cm³/mol. The van der Waals surface area contributed by atoms with Crippen LogP contribution in [0.3, 0.4) is 0 Å². The molecule has 0 aliphatic carbocycles. The topological polar surface area (TPSA) is 101 Å². The van der Waals surface area contributed by atoms with Crippen molar-refractivity contribution in [2.75, 3.05) is 28.6 Å². The smallest absolute Gasteiger partial charge is 0.241 e. The number of sulfone groups is 1. The molecule has 11 heteroatoms. The summed E-state index contributed by atoms with van der Waals surface area (Å²) in [6, 6.07) is 2.75. The van der Waals surface area contributed by atoms with Crippen LogP contribution in [0.1, 0.15) is 6.42 Å². The zero-order valence-corrected chi connectivity index (χ0v) is 15.1. The van der Waals surface area contributed by atoms with Gasteiger partial charge in [0, 0.05) is 6.04 Å². The molecule has 0 saturated carbocycles. The molecular formula is C13H16ClFN2O5S2. The van der Waals surface area contributed by atoms with Gasteiger partial charge in [-0.2, -0.15) is 0 Å². The minimum absolute atomic E-state index is 0.0126. The Kier molecular flexibility index (Phi) is 5.41. The normalized spacial score (nSPS) is 19.9. The quantitative estimate of drug-likeness (QED) is 0.780. The van der Waals surface area contributed by atoms with E-state index >= 15 is 0 Å². The van der Waals surface area contributed by atoms with Crippen molar-refractivity contribution in [2.45, 2.75) is 12.5 Å². The third kappa shape index (κ3) is 4.81. The number of hydrogen-bond acceptors (Lipinski definition) is 5. The Morgan fingerprint density at radius 1 is 1.46 bits per heavy atom. The monoisotopic (exact) mass is 398 g/mol. The van der Waals surface area contributed by atoms with Gasteiger partial charge in [-0.25, -0.2) is 21.2 Å². The molecule has 1 saturated heterocycles. The van der Waals surface area contributed by atoms with E-state index in [1.807, 2.05) is 0 Å². The van der Waals surface area contributed by atoms with Crippen LogP contribution in [0.2, 0.25) is 5.02 Å². The molecule has 1 heterocycles. The highest BCUT2D eigenvalue weighted by Crippen LogP contribution is 2.24. The van der Waals surface area contributed by atoms with E-state index in [-0.39, 0.29) is 28.6 Å². The molecular weight excluding hydrogens is 383 g/mol. The van der Waals surface area contributed by atoms with E-state index in [1.54, 1.807) is 0 Å². The summed E-state index contributed by atoms with van der Waals surface area (Å²) in [5, 5.41) is 2.23. The van der Waals surface area contributed by atoms with E-state index in [9.17, 15) is 26.0 Å². The van der Waals surface area contributed by atoms with Gasteiger partial charge in [0.25, 0.3) is 0 Å². The highest BCUT2D eigenvalue weighted by atomic mass is 35.5. The third-order valence-corrected chi connectivity index (χ3v) is 6.67. The third-order valence-electron chi connectivity index (χ3n) is 3.48. The van der Waals surface area contributed by atoms with Crippen LogP contribution in [0, 0.1) is 5.82 Å². The van der Waals surface area contributed by atoms with Gasteiger partial charge in [0.1, 0.15) is 12.4 Å². The van der Waals surface area contributed by atoms with Gasteiger partial charge in [0.05, 0.1) is 28.5 Å². The first-order valence-electron chi connectivity index (χ1n) is 6.90. The average Bonchev–Trinajstić information content (AvgIpc) is 2.77. The average molecular weight is 399 g/mol. The number of halogens is 2. The van der Waals surface area contributed by atoms with Crippen LogP contribution in [-0.2, 0) is 24.7 Å². The van der Waals surface area contributed by atoms with Crippen molar-refractivity contribution in [3.05, 3.63) is 29.0 Å². The summed E-state index contributed by atoms with van der Waals surface area (Å²) in [6.07, 6.45) is 1.19. The summed E-state index contributed by atoms with van der Waals surface area (Å²) in [4.78, 5) is 12.1. The largest absolute Gasteiger partial charge is 0.351 e. The molecule has 134 valence electrons. The lowest BCUT2D eigenvalue weighted by atomic mass is 10.2. The number of benzene rings is 1. The maximum absolute atomic E-state index is 13.2. The minimum atomic E-state index is -3.83. The van der Waals surface area contributed by atoms with Crippen molar-refractivity contribution < 1.29 is 26.0 Å². The number of carbonyl (C=O) groups excluding carboxylic acids is 1. The molecule has 0 bridgehead atoms. The molecule has 1 aromatic carbocycles. The second kappa shape index (κ2) is 6.85. The standard InChI is InChI=1S/C13H16ClFN2O5S2/c1-23(19,20)17(10-2-3-12(15)11(14)6-10)7-13(18)16-9-4-5-24(21,22)8-9/h2-3,6,9H,4-5,7-8H2,1H3,(H,16,18). The number of carbonyl (C=O) groups is 1. The minimum Gasteiger partial charge on any atom is -0.351 e. The second-order valence-electron chi connectivity index (χ2n) is 5.54. The van der Waals surface area contributed by atoms with Crippen LogP contribution in [0.15, 0.2) is 18.2 Å². The molecule has 1 aliphatic rings. The Bertz CT molecular complexity index is 857. The zero-order valence-electron chi connectivity index (χ0n) is 12.7. The molecule has 1 amide bonds. The fourth-order valence-electron chi connectivity index (χ4n) is 2.35. The first-order valence-corrected chi connectivity index (χ1v) is 11.0. The number of sulfonamides is 1. The maximum atomic E-state index is 13.2. The molecule has 0 spiro atoms. The molecule has 24 heavy (non-hydrogen) atoms. The molecule has 1 aliphatic heterocycles. The number of rotatable bonds is 5. The molecule has 7 nitrogen and oxygen atoms in total. The lowest BCUT2D eigenvalue weighted by molar-refractivity contribution is -0.120. The maximum Gasteiger partial charge on any atom is 0.241 e. The molecule has 1 aromatic rings. The Morgan fingerprint density at radius 3 is 2.62 bits per heavy atom. The second-order valence-corrected chi connectivity index (χ2v) is 10.1. The van der Waals surface area contributed by atoms with Gasteiger partial charge in [-0.3, -0.25) is 9.10 Å². The zero-order chi connectivity index (χ0) is 18.1. The van der Waals surface area contributed by atoms with Crippen LogP contribution in [0.5, 0.6) is 0 Å². The molecule has 1 N–H and O–H groups in total. The summed E-state index contributed by atoms with van der Waals surface area (Å²) in [5.41, 5.74) is 0.0399. The molecule has 0 aromatic heterocycles. The van der Waals surface area contributed by atoms with Crippen molar-refractivity contribution in [3.8, 4) is 0 Å². The van der Waals surface area contributed by atoms with Crippen molar-refractivity contribution in [1.82, 2.24) is 5.32 Å². The molecule has 1 fully saturated rings. The summed E-state index contributed by atoms with van der Waals surface area (Å²) in [7, 11) is -6.99. The van der Waals surface area contributed by atoms with Crippen LogP contribution in [0.25, 0.3) is 0 Å². The van der Waals surface area contributed by atoms with Crippen LogP contribution in [-0.4, -0.2) is 53.1 Å². The Hall–Kier alpha value is -1.39. The van der Waals surface area contributed by atoms with Crippen molar-refractivity contribution in [3.63, 3.8) is 0 Å². The van der Waals surface area contributed by atoms with E-state index in [0.717, 1.165) is 22.7 Å². The molecule has 1 atom stereocenters. The first-order chi connectivity index (χ1) is 11.0. The number of nitrogens with zero attached hydrogens (tertiary/aromatic N) is 1. The van der Waals surface area contributed by atoms with Gasteiger partial charge in [-0.15, -0.1) is 0 Å². The van der Waals surface area contributed by atoms with Crippen molar-refractivity contribution in [1.29, 1.82) is 0 Å². The van der Waals surface area contributed by atoms with Gasteiger partial charge in [0.15, 0.2) is 9.84 Å². The summed E-state index contributed by atoms with van der Waals surface area (Å²) < 4.78 is 60.6. The van der Waals surface area contributed by atoms with E-state index in [2.05, 4.69) is 5.32 Å². The lowest BCUT2D eigenvalue weighted by Gasteiger charge is -2.23. The Labute approximate surface area is 144 Å². The van der Waals surface area contributed by atoms with E-state index < -0.39 is 44.2 Å². The van der Waals surface area contributed by atoms with Gasteiger partial charge in [-0.05, 0) is 24.6 Å². The molecule has 1 unspecified atom stereocenters. The number of amides is 1. The SMILES string of the molecule is CS(=O)(=O)N(CC(=O)NC1CCS(=O)(=O)C1)c1ccc(F)c(Cl)c1. The summed E-state index contributed by atoms with van der Waals surface area (Å²) in [6.45, 7) is -0.558. The Balaban J connectivity index is 2.15. The van der Waals surface area contributed by atoms with Gasteiger partial charge >= 0.3 is 0 Å². The highest BCUT2D eigenvalue weighted by molar-refractivity contribution is 7.92. The molecule has 0 radical (unpaired) electrons. The highest BCUT2D eigenvalue weighted by Gasteiger charge is 2.30. The van der Waals surface area contributed by atoms with E-state index in [1.165, 1.54) is 6.07 Å².